The molecule has 1 saturated heterocycles. The molecule has 1 fully saturated rings. The molecule has 4 heteroatoms. The Morgan fingerprint density at radius 3 is 2.24 bits per heavy atom. The van der Waals surface area contributed by atoms with Crippen LogP contribution in [0.25, 0.3) is 0 Å². The minimum Gasteiger partial charge on any atom is -0.481 e. The lowest BCUT2D eigenvalue weighted by molar-refractivity contribution is -0.134. The summed E-state index contributed by atoms with van der Waals surface area (Å²) < 4.78 is 0. The number of benzene rings is 1. The number of carboxylic acid groups (broad SMARTS) is 1. The lowest BCUT2D eigenvalue weighted by Crippen LogP contribution is -2.39. The fraction of sp³-hybridized carbons (Fsp3) is 0.462. The molecule has 1 aliphatic rings. The minimum atomic E-state index is -0.833. The van der Waals surface area contributed by atoms with Crippen molar-refractivity contribution in [3.63, 3.8) is 0 Å². The predicted octanol–water partition coefficient (Wildman–Crippen LogP) is 1.70. The fourth-order valence-electron chi connectivity index (χ4n) is 1.80. The minimum absolute atomic E-state index is 0.417. The van der Waals surface area contributed by atoms with Crippen molar-refractivity contribution >= 4 is 11.7 Å². The topological polar surface area (TPSA) is 66.6 Å². The number of nitrogens with two attached hydrogens (primary N) is 1. The quantitative estimate of drug-likeness (QED) is 0.779. The Bertz CT molecular complexity index is 329. The predicted molar refractivity (Wildman–Crippen MR) is 69.2 cm³/mol. The van der Waals surface area contributed by atoms with Crippen LogP contribution >= 0.6 is 0 Å². The van der Waals surface area contributed by atoms with Crippen LogP contribution in [0.3, 0.4) is 0 Å². The monoisotopic (exact) mass is 236 g/mol. The number of piperidine rings is 1. The average Bonchev–Trinajstić information content (AvgIpc) is 2.30. The summed E-state index contributed by atoms with van der Waals surface area (Å²) in [5.41, 5.74) is 7.18. The van der Waals surface area contributed by atoms with Gasteiger partial charge in [0.25, 0.3) is 5.97 Å². The molecule has 1 aromatic rings. The highest BCUT2D eigenvalue weighted by atomic mass is 16.4. The lowest BCUT2D eigenvalue weighted by atomic mass is 10.1. The molecule has 2 rings (SSSR count). The number of para-hydroxylation sites is 1. The summed E-state index contributed by atoms with van der Waals surface area (Å²) in [6.07, 6.45) is 2.24. The summed E-state index contributed by atoms with van der Waals surface area (Å²) in [6.45, 7) is 3.29. The van der Waals surface area contributed by atoms with E-state index in [1.54, 1.807) is 0 Å². The summed E-state index contributed by atoms with van der Waals surface area (Å²) in [7, 11) is 0. The Kier molecular flexibility index (Phi) is 5.49. The van der Waals surface area contributed by atoms with Crippen molar-refractivity contribution in [1.82, 2.24) is 0 Å². The van der Waals surface area contributed by atoms with Crippen molar-refractivity contribution in [2.45, 2.75) is 25.8 Å². The van der Waals surface area contributed by atoms with Crippen molar-refractivity contribution in [2.75, 3.05) is 18.0 Å². The molecule has 0 aromatic heterocycles. The number of hydrogen-bond donors (Lipinski definition) is 2. The summed E-state index contributed by atoms with van der Waals surface area (Å²) in [6, 6.07) is 11.0. The first-order chi connectivity index (χ1) is 8.09. The molecular formula is C13H20N2O2. The van der Waals surface area contributed by atoms with Gasteiger partial charge in [-0.2, -0.15) is 0 Å². The Hall–Kier alpha value is -1.55. The third kappa shape index (κ3) is 5.36. The Morgan fingerprint density at radius 2 is 1.76 bits per heavy atom. The number of aliphatic carboxylic acids is 1. The molecule has 1 aliphatic heterocycles. The largest absolute Gasteiger partial charge is 0.481 e. The highest BCUT2D eigenvalue weighted by Crippen LogP contribution is 2.18. The van der Waals surface area contributed by atoms with E-state index in [4.69, 9.17) is 15.6 Å². The summed E-state index contributed by atoms with van der Waals surface area (Å²) in [5, 5.41) is 7.42. The smallest absolute Gasteiger partial charge is 0.300 e. The number of nitrogens with zero attached hydrogens (tertiary/aromatic N) is 1. The molecule has 0 bridgehead atoms. The Morgan fingerprint density at radius 1 is 1.29 bits per heavy atom. The third-order valence-corrected chi connectivity index (χ3v) is 2.66. The average molecular weight is 236 g/mol. The van der Waals surface area contributed by atoms with E-state index in [1.165, 1.54) is 5.69 Å². The molecule has 94 valence electrons. The van der Waals surface area contributed by atoms with Gasteiger partial charge in [0.2, 0.25) is 0 Å². The van der Waals surface area contributed by atoms with E-state index in [-0.39, 0.29) is 0 Å². The van der Waals surface area contributed by atoms with E-state index in [1.807, 2.05) is 0 Å². The zero-order valence-electron chi connectivity index (χ0n) is 10.2. The SMILES string of the molecule is CC(=O)O.NC1CCN(c2ccccc2)CC1. The van der Waals surface area contributed by atoms with E-state index in [0.717, 1.165) is 32.9 Å². The molecule has 0 aliphatic carbocycles. The second-order valence-corrected chi connectivity index (χ2v) is 4.18. The highest BCUT2D eigenvalue weighted by Gasteiger charge is 2.15. The van der Waals surface area contributed by atoms with Crippen LogP contribution in [0.1, 0.15) is 19.8 Å². The maximum absolute atomic E-state index is 9.00. The second kappa shape index (κ2) is 6.91. The first kappa shape index (κ1) is 13.5. The van der Waals surface area contributed by atoms with Crippen molar-refractivity contribution in [3.05, 3.63) is 30.3 Å². The van der Waals surface area contributed by atoms with Crippen LogP contribution in [0.2, 0.25) is 0 Å². The molecule has 4 nitrogen and oxygen atoms in total. The van der Waals surface area contributed by atoms with Crippen LogP contribution in [0, 0.1) is 0 Å². The molecule has 0 saturated carbocycles. The van der Waals surface area contributed by atoms with Gasteiger partial charge in [0, 0.05) is 31.7 Å². The van der Waals surface area contributed by atoms with Gasteiger partial charge in [0.15, 0.2) is 0 Å². The number of carbonyl (C=O) groups is 1. The van der Waals surface area contributed by atoms with Crippen LogP contribution in [0.4, 0.5) is 5.69 Å². The fourth-order valence-corrected chi connectivity index (χ4v) is 1.80. The van der Waals surface area contributed by atoms with Gasteiger partial charge in [-0.15, -0.1) is 0 Å². The molecule has 1 heterocycles. The zero-order valence-corrected chi connectivity index (χ0v) is 10.2. The lowest BCUT2D eigenvalue weighted by Gasteiger charge is -2.31. The van der Waals surface area contributed by atoms with E-state index in [9.17, 15) is 0 Å². The van der Waals surface area contributed by atoms with Crippen molar-refractivity contribution in [2.24, 2.45) is 5.73 Å². The third-order valence-electron chi connectivity index (χ3n) is 2.66. The molecule has 0 amide bonds. The van der Waals surface area contributed by atoms with Crippen LogP contribution in [-0.2, 0) is 4.79 Å². The van der Waals surface area contributed by atoms with Crippen LogP contribution in [0.5, 0.6) is 0 Å². The first-order valence-electron chi connectivity index (χ1n) is 5.84. The van der Waals surface area contributed by atoms with Crippen molar-refractivity contribution in [3.8, 4) is 0 Å². The number of hydrogen-bond acceptors (Lipinski definition) is 3. The van der Waals surface area contributed by atoms with Gasteiger partial charge in [-0.25, -0.2) is 0 Å². The van der Waals surface area contributed by atoms with Gasteiger partial charge in [-0.05, 0) is 25.0 Å². The van der Waals surface area contributed by atoms with Crippen LogP contribution < -0.4 is 10.6 Å². The van der Waals surface area contributed by atoms with Crippen LogP contribution in [-0.4, -0.2) is 30.2 Å². The van der Waals surface area contributed by atoms with Gasteiger partial charge in [-0.3, -0.25) is 4.79 Å². The molecule has 0 spiro atoms. The number of anilines is 1. The normalized spacial score (nSPS) is 16.0. The first-order valence-corrected chi connectivity index (χ1v) is 5.84. The molecule has 0 radical (unpaired) electrons. The van der Waals surface area contributed by atoms with E-state index >= 15 is 0 Å². The van der Waals surface area contributed by atoms with E-state index < -0.39 is 5.97 Å². The number of rotatable bonds is 1. The standard InChI is InChI=1S/C11H16N2.C2H4O2/c12-10-6-8-13(9-7-10)11-4-2-1-3-5-11;1-2(3)4/h1-5,10H,6-9,12H2;1H3,(H,3,4). The van der Waals surface area contributed by atoms with Crippen molar-refractivity contribution < 1.29 is 9.90 Å². The van der Waals surface area contributed by atoms with Gasteiger partial charge < -0.3 is 15.7 Å². The van der Waals surface area contributed by atoms with Gasteiger partial charge in [-0.1, -0.05) is 18.2 Å². The summed E-state index contributed by atoms with van der Waals surface area (Å²) in [5.74, 6) is -0.833. The van der Waals surface area contributed by atoms with Crippen molar-refractivity contribution in [1.29, 1.82) is 0 Å². The molecule has 3 N–H and O–H groups in total. The highest BCUT2D eigenvalue weighted by molar-refractivity contribution is 5.62. The van der Waals surface area contributed by atoms with Gasteiger partial charge >= 0.3 is 0 Å². The van der Waals surface area contributed by atoms with E-state index in [2.05, 4.69) is 35.2 Å². The molecule has 0 atom stereocenters. The summed E-state index contributed by atoms with van der Waals surface area (Å²) >= 11 is 0. The Balaban J connectivity index is 0.000000317. The van der Waals surface area contributed by atoms with Crippen LogP contribution in [0.15, 0.2) is 30.3 Å². The van der Waals surface area contributed by atoms with Gasteiger partial charge in [0.1, 0.15) is 0 Å². The van der Waals surface area contributed by atoms with E-state index in [0.29, 0.717) is 6.04 Å². The number of carboxylic acids is 1. The van der Waals surface area contributed by atoms with Gasteiger partial charge in [0.05, 0.1) is 0 Å². The Labute approximate surface area is 102 Å². The second-order valence-electron chi connectivity index (χ2n) is 4.18. The molecule has 17 heavy (non-hydrogen) atoms. The maximum atomic E-state index is 9.00. The summed E-state index contributed by atoms with van der Waals surface area (Å²) in [4.78, 5) is 11.4. The maximum Gasteiger partial charge on any atom is 0.300 e. The molecule has 1 aromatic carbocycles. The molecule has 0 unspecified atom stereocenters. The zero-order chi connectivity index (χ0) is 12.7. The molecular weight excluding hydrogens is 216 g/mol.